The fourth-order valence-electron chi connectivity index (χ4n) is 6.49. The SMILES string of the molecule is CCc1cc(C(C)(C)c2ccc(OC)c(CC)c2)ccc1OC.COc1c(C)cc(C(C)(C)c2cc(C)c(OC)c(C)c2)cc1C. The van der Waals surface area contributed by atoms with E-state index >= 15 is 0 Å². The maximum Gasteiger partial charge on any atom is 0.124 e. The summed E-state index contributed by atoms with van der Waals surface area (Å²) >= 11 is 0. The zero-order chi connectivity index (χ0) is 34.4. The average molecular weight is 625 g/mol. The highest BCUT2D eigenvalue weighted by molar-refractivity contribution is 5.52. The van der Waals surface area contributed by atoms with E-state index in [0.29, 0.717) is 0 Å². The van der Waals surface area contributed by atoms with Crippen molar-refractivity contribution < 1.29 is 18.9 Å². The first kappa shape index (κ1) is 36.5. The number of ether oxygens (including phenoxy) is 4. The van der Waals surface area contributed by atoms with Crippen LogP contribution in [0.2, 0.25) is 0 Å². The van der Waals surface area contributed by atoms with Gasteiger partial charge in [-0.2, -0.15) is 0 Å². The van der Waals surface area contributed by atoms with Crippen molar-refractivity contribution in [3.05, 3.63) is 116 Å². The third-order valence-electron chi connectivity index (χ3n) is 9.54. The Kier molecular flexibility index (Phi) is 12.0. The summed E-state index contributed by atoms with van der Waals surface area (Å²) in [5, 5.41) is 0. The van der Waals surface area contributed by atoms with Gasteiger partial charge in [-0.25, -0.2) is 0 Å². The molecule has 4 aromatic carbocycles. The van der Waals surface area contributed by atoms with E-state index in [-0.39, 0.29) is 10.8 Å². The molecule has 4 rings (SSSR count). The summed E-state index contributed by atoms with van der Waals surface area (Å²) in [6.07, 6.45) is 1.94. The summed E-state index contributed by atoms with van der Waals surface area (Å²) in [6.45, 7) is 21.8. The predicted octanol–water partition coefficient (Wildman–Crippen LogP) is 10.4. The Bertz CT molecular complexity index is 1480. The van der Waals surface area contributed by atoms with Crippen LogP contribution in [0.15, 0.2) is 60.7 Å². The standard InChI is InChI=1S/2C21H28O2/c1-13-9-17(10-14(2)19(13)22-7)21(5,6)18-11-15(3)20(23-8)16(4)12-18;1-7-15-13-17(9-11-19(15)22-5)21(3,4)18-10-12-20(23-6)16(8-2)14-18/h9-12H,1-8H3;9-14H,7-8H2,1-6H3. The van der Waals surface area contributed by atoms with Crippen LogP contribution in [0.5, 0.6) is 23.0 Å². The summed E-state index contributed by atoms with van der Waals surface area (Å²) in [6, 6.07) is 22.0. The fraction of sp³-hybridized carbons (Fsp3) is 0.429. The second-order valence-corrected chi connectivity index (χ2v) is 13.3. The van der Waals surface area contributed by atoms with Gasteiger partial charge in [0.05, 0.1) is 28.4 Å². The van der Waals surface area contributed by atoms with Crippen LogP contribution in [0.3, 0.4) is 0 Å². The van der Waals surface area contributed by atoms with Crippen molar-refractivity contribution in [3.8, 4) is 23.0 Å². The molecule has 0 saturated carbocycles. The minimum absolute atomic E-state index is 0.0631. The van der Waals surface area contributed by atoms with Crippen molar-refractivity contribution in [2.45, 2.75) is 92.9 Å². The van der Waals surface area contributed by atoms with Crippen LogP contribution < -0.4 is 18.9 Å². The summed E-state index contributed by atoms with van der Waals surface area (Å²) in [5.41, 5.74) is 12.3. The minimum atomic E-state index is -0.0798. The minimum Gasteiger partial charge on any atom is -0.496 e. The number of benzene rings is 4. The predicted molar refractivity (Wildman–Crippen MR) is 194 cm³/mol. The zero-order valence-corrected chi connectivity index (χ0v) is 30.8. The number of hydrogen-bond acceptors (Lipinski definition) is 4. The van der Waals surface area contributed by atoms with E-state index in [2.05, 4.69) is 130 Å². The van der Waals surface area contributed by atoms with Gasteiger partial charge in [0.25, 0.3) is 0 Å². The summed E-state index contributed by atoms with van der Waals surface area (Å²) in [5.74, 6) is 3.89. The first-order valence-electron chi connectivity index (χ1n) is 16.4. The molecule has 0 unspecified atom stereocenters. The third-order valence-corrected chi connectivity index (χ3v) is 9.54. The normalized spacial score (nSPS) is 11.4. The van der Waals surface area contributed by atoms with Crippen molar-refractivity contribution in [2.75, 3.05) is 28.4 Å². The molecule has 0 aliphatic rings. The maximum absolute atomic E-state index is 5.50. The van der Waals surface area contributed by atoms with Crippen LogP contribution in [0.1, 0.15) is 97.2 Å². The Hall–Kier alpha value is -3.92. The molecule has 0 spiro atoms. The molecule has 4 aromatic rings. The van der Waals surface area contributed by atoms with Gasteiger partial charge >= 0.3 is 0 Å². The zero-order valence-electron chi connectivity index (χ0n) is 30.8. The molecule has 0 N–H and O–H groups in total. The molecule has 0 bridgehead atoms. The highest BCUT2D eigenvalue weighted by Crippen LogP contribution is 2.39. The van der Waals surface area contributed by atoms with Crippen molar-refractivity contribution in [1.29, 1.82) is 0 Å². The van der Waals surface area contributed by atoms with E-state index < -0.39 is 0 Å². The lowest BCUT2D eigenvalue weighted by atomic mass is 9.76. The van der Waals surface area contributed by atoms with Crippen LogP contribution in [-0.4, -0.2) is 28.4 Å². The summed E-state index contributed by atoms with van der Waals surface area (Å²) in [7, 11) is 6.93. The van der Waals surface area contributed by atoms with Gasteiger partial charge in [-0.05, 0) is 108 Å². The quantitative estimate of drug-likeness (QED) is 0.176. The molecule has 0 aromatic heterocycles. The van der Waals surface area contributed by atoms with Gasteiger partial charge in [0.1, 0.15) is 23.0 Å². The van der Waals surface area contributed by atoms with Crippen LogP contribution in [0.25, 0.3) is 0 Å². The lowest BCUT2D eigenvalue weighted by Crippen LogP contribution is -2.20. The van der Waals surface area contributed by atoms with Crippen molar-refractivity contribution in [3.63, 3.8) is 0 Å². The molecule has 46 heavy (non-hydrogen) atoms. The molecule has 0 saturated heterocycles. The van der Waals surface area contributed by atoms with E-state index in [1.165, 1.54) is 55.6 Å². The Morgan fingerprint density at radius 1 is 0.435 bits per heavy atom. The number of hydrogen-bond donors (Lipinski definition) is 0. The number of aryl methyl sites for hydroxylation is 6. The Balaban J connectivity index is 0.000000250. The highest BCUT2D eigenvalue weighted by atomic mass is 16.5. The molecule has 0 aliphatic heterocycles. The Labute approximate surface area is 279 Å². The molecule has 0 heterocycles. The smallest absolute Gasteiger partial charge is 0.124 e. The van der Waals surface area contributed by atoms with Gasteiger partial charge in [0.2, 0.25) is 0 Å². The van der Waals surface area contributed by atoms with Crippen molar-refractivity contribution in [2.24, 2.45) is 0 Å². The monoisotopic (exact) mass is 624 g/mol. The molecule has 4 nitrogen and oxygen atoms in total. The molecule has 0 aliphatic carbocycles. The second-order valence-electron chi connectivity index (χ2n) is 13.3. The molecule has 0 radical (unpaired) electrons. The largest absolute Gasteiger partial charge is 0.496 e. The summed E-state index contributed by atoms with van der Waals surface area (Å²) in [4.78, 5) is 0. The van der Waals surface area contributed by atoms with Crippen LogP contribution in [0, 0.1) is 27.7 Å². The molecule has 248 valence electrons. The van der Waals surface area contributed by atoms with Crippen molar-refractivity contribution in [1.82, 2.24) is 0 Å². The van der Waals surface area contributed by atoms with Gasteiger partial charge < -0.3 is 18.9 Å². The third kappa shape index (κ3) is 7.54. The van der Waals surface area contributed by atoms with E-state index in [1.807, 2.05) is 0 Å². The first-order chi connectivity index (χ1) is 21.7. The fourth-order valence-corrected chi connectivity index (χ4v) is 6.49. The average Bonchev–Trinajstić information content (AvgIpc) is 3.03. The Morgan fingerprint density at radius 2 is 0.739 bits per heavy atom. The van der Waals surface area contributed by atoms with Gasteiger partial charge in [-0.1, -0.05) is 90.1 Å². The van der Waals surface area contributed by atoms with E-state index in [9.17, 15) is 0 Å². The van der Waals surface area contributed by atoms with E-state index in [4.69, 9.17) is 18.9 Å². The lowest BCUT2D eigenvalue weighted by Gasteiger charge is -2.29. The molecule has 0 amide bonds. The van der Waals surface area contributed by atoms with Gasteiger partial charge in [-0.3, -0.25) is 0 Å². The highest BCUT2D eigenvalue weighted by Gasteiger charge is 2.27. The topological polar surface area (TPSA) is 36.9 Å². The molecule has 0 atom stereocenters. The molecular formula is C42H56O4. The first-order valence-corrected chi connectivity index (χ1v) is 16.4. The molecule has 4 heteroatoms. The number of methoxy groups -OCH3 is 4. The summed E-state index contributed by atoms with van der Waals surface area (Å²) < 4.78 is 21.9. The van der Waals surface area contributed by atoms with E-state index in [0.717, 1.165) is 35.8 Å². The van der Waals surface area contributed by atoms with Crippen LogP contribution in [0.4, 0.5) is 0 Å². The molecule has 0 fully saturated rings. The van der Waals surface area contributed by atoms with Crippen LogP contribution in [-0.2, 0) is 23.7 Å². The maximum atomic E-state index is 5.50. The van der Waals surface area contributed by atoms with Gasteiger partial charge in [-0.15, -0.1) is 0 Å². The number of rotatable bonds is 10. The molecular weight excluding hydrogens is 568 g/mol. The van der Waals surface area contributed by atoms with E-state index in [1.54, 1.807) is 28.4 Å². The van der Waals surface area contributed by atoms with Crippen molar-refractivity contribution >= 4 is 0 Å². The second kappa shape index (κ2) is 15.1. The Morgan fingerprint density at radius 3 is 1.00 bits per heavy atom. The van der Waals surface area contributed by atoms with Gasteiger partial charge in [0, 0.05) is 10.8 Å². The lowest BCUT2D eigenvalue weighted by molar-refractivity contribution is 0.407. The van der Waals surface area contributed by atoms with Crippen LogP contribution >= 0.6 is 0 Å². The van der Waals surface area contributed by atoms with Gasteiger partial charge in [0.15, 0.2) is 0 Å².